The largest absolute Gasteiger partial charge is 0.418 e. The lowest BCUT2D eigenvalue weighted by Crippen LogP contribution is -2.24. The van der Waals surface area contributed by atoms with E-state index in [1.807, 2.05) is 0 Å². The normalized spacial score (nSPS) is 11.8. The van der Waals surface area contributed by atoms with Crippen LogP contribution in [0.5, 0.6) is 0 Å². The first-order valence-corrected chi connectivity index (χ1v) is 12.5. The van der Waals surface area contributed by atoms with Gasteiger partial charge in [-0.3, -0.25) is 14.2 Å². The van der Waals surface area contributed by atoms with E-state index in [-0.39, 0.29) is 23.2 Å². The highest BCUT2D eigenvalue weighted by molar-refractivity contribution is 7.99. The highest BCUT2D eigenvalue weighted by Crippen LogP contribution is 2.35. The van der Waals surface area contributed by atoms with E-state index in [0.29, 0.717) is 5.56 Å². The second-order valence-electron chi connectivity index (χ2n) is 8.21. The van der Waals surface area contributed by atoms with Gasteiger partial charge < -0.3 is 10.6 Å². The maximum absolute atomic E-state index is 13.4. The number of halogens is 6. The number of hydrogen-bond donors (Lipinski definition) is 2. The third-order valence-corrected chi connectivity index (χ3v) is 6.34. The molecule has 0 atom stereocenters. The summed E-state index contributed by atoms with van der Waals surface area (Å²) in [6.07, 6.45) is -9.34. The fraction of sp³-hybridized carbons (Fsp3) is 0.154. The first kappa shape index (κ1) is 28.7. The average Bonchev–Trinajstić information content (AvgIpc) is 3.33. The van der Waals surface area contributed by atoms with Crippen LogP contribution in [-0.4, -0.2) is 32.3 Å². The molecule has 0 unspecified atom stereocenters. The number of nitrogens with one attached hydrogen (secondary N) is 2. The highest BCUT2D eigenvalue weighted by Gasteiger charge is 2.34. The molecule has 3 aromatic carbocycles. The van der Waals surface area contributed by atoms with Gasteiger partial charge in [-0.25, -0.2) is 0 Å². The smallest absolute Gasteiger partial charge is 0.345 e. The summed E-state index contributed by atoms with van der Waals surface area (Å²) in [7, 11) is 0. The van der Waals surface area contributed by atoms with Crippen molar-refractivity contribution in [3.63, 3.8) is 0 Å². The Morgan fingerprint density at radius 2 is 1.52 bits per heavy atom. The summed E-state index contributed by atoms with van der Waals surface area (Å²) >= 11 is 0.750. The SMILES string of the molecule is O=C(CSc1nnc(CNC(=O)c2ccccc2)n1-c1cccc(C(F)(F)F)c1)Nc1ccccc1C(F)(F)F. The zero-order chi connectivity index (χ0) is 28.9. The summed E-state index contributed by atoms with van der Waals surface area (Å²) in [6, 6.07) is 16.9. The van der Waals surface area contributed by atoms with Crippen molar-refractivity contribution in [2.75, 3.05) is 11.1 Å². The van der Waals surface area contributed by atoms with Crippen molar-refractivity contribution in [1.82, 2.24) is 20.1 Å². The molecule has 0 fully saturated rings. The van der Waals surface area contributed by atoms with Gasteiger partial charge in [-0.1, -0.05) is 48.2 Å². The van der Waals surface area contributed by atoms with Crippen molar-refractivity contribution in [1.29, 1.82) is 0 Å². The Labute approximate surface area is 227 Å². The molecule has 14 heteroatoms. The van der Waals surface area contributed by atoms with Gasteiger partial charge in [-0.15, -0.1) is 10.2 Å². The van der Waals surface area contributed by atoms with Crippen LogP contribution in [0.15, 0.2) is 84.0 Å². The number of amides is 2. The minimum Gasteiger partial charge on any atom is -0.345 e. The van der Waals surface area contributed by atoms with E-state index < -0.39 is 46.7 Å². The quantitative estimate of drug-likeness (QED) is 0.199. The number of alkyl halides is 6. The number of anilines is 1. The van der Waals surface area contributed by atoms with Crippen molar-refractivity contribution in [3.05, 3.63) is 101 Å². The molecule has 0 bridgehead atoms. The third kappa shape index (κ3) is 7.00. The Kier molecular flexibility index (Phi) is 8.47. The van der Waals surface area contributed by atoms with Gasteiger partial charge in [-0.05, 0) is 42.5 Å². The predicted octanol–water partition coefficient (Wildman–Crippen LogP) is 5.97. The van der Waals surface area contributed by atoms with E-state index in [0.717, 1.165) is 36.0 Å². The van der Waals surface area contributed by atoms with Gasteiger partial charge in [0.25, 0.3) is 5.91 Å². The van der Waals surface area contributed by atoms with E-state index in [2.05, 4.69) is 20.8 Å². The molecular formula is C26H19F6N5O2S. The molecule has 2 N–H and O–H groups in total. The molecule has 40 heavy (non-hydrogen) atoms. The Hall–Kier alpha value is -4.33. The van der Waals surface area contributed by atoms with Gasteiger partial charge >= 0.3 is 12.4 Å². The third-order valence-electron chi connectivity index (χ3n) is 5.41. The molecule has 208 valence electrons. The lowest BCUT2D eigenvalue weighted by Gasteiger charge is -2.14. The van der Waals surface area contributed by atoms with Gasteiger partial charge in [0, 0.05) is 5.56 Å². The molecule has 0 radical (unpaired) electrons. The molecular weight excluding hydrogens is 560 g/mol. The summed E-state index contributed by atoms with van der Waals surface area (Å²) < 4.78 is 81.2. The van der Waals surface area contributed by atoms with Crippen LogP contribution in [-0.2, 0) is 23.7 Å². The fourth-order valence-electron chi connectivity index (χ4n) is 3.60. The van der Waals surface area contributed by atoms with Crippen LogP contribution < -0.4 is 10.6 Å². The van der Waals surface area contributed by atoms with E-state index in [4.69, 9.17) is 0 Å². The molecule has 0 aliphatic carbocycles. The number of para-hydroxylation sites is 1. The maximum atomic E-state index is 13.4. The number of rotatable bonds is 8. The highest BCUT2D eigenvalue weighted by atomic mass is 32.2. The predicted molar refractivity (Wildman–Crippen MR) is 135 cm³/mol. The zero-order valence-corrected chi connectivity index (χ0v) is 21.1. The number of carbonyl (C=O) groups excluding carboxylic acids is 2. The van der Waals surface area contributed by atoms with Gasteiger partial charge in [0.1, 0.15) is 0 Å². The first-order valence-electron chi connectivity index (χ1n) is 11.5. The van der Waals surface area contributed by atoms with Crippen LogP contribution in [0.25, 0.3) is 5.69 Å². The Morgan fingerprint density at radius 1 is 0.825 bits per heavy atom. The van der Waals surface area contributed by atoms with Crippen molar-refractivity contribution < 1.29 is 35.9 Å². The average molecular weight is 580 g/mol. The monoisotopic (exact) mass is 579 g/mol. The lowest BCUT2D eigenvalue weighted by molar-refractivity contribution is -0.138. The molecule has 7 nitrogen and oxygen atoms in total. The van der Waals surface area contributed by atoms with E-state index >= 15 is 0 Å². The summed E-state index contributed by atoms with van der Waals surface area (Å²) in [6.45, 7) is -0.220. The summed E-state index contributed by atoms with van der Waals surface area (Å²) in [5.41, 5.74) is -2.07. The fourth-order valence-corrected chi connectivity index (χ4v) is 4.37. The Bertz CT molecular complexity index is 1510. The minimum absolute atomic E-state index is 0.00844. The number of aromatic nitrogens is 3. The molecule has 2 amide bonds. The molecule has 1 aromatic heterocycles. The van der Waals surface area contributed by atoms with Crippen LogP contribution in [0.1, 0.15) is 27.3 Å². The van der Waals surface area contributed by atoms with Crippen molar-refractivity contribution in [2.45, 2.75) is 24.1 Å². The van der Waals surface area contributed by atoms with Crippen LogP contribution in [0.3, 0.4) is 0 Å². The van der Waals surface area contributed by atoms with Crippen LogP contribution in [0, 0.1) is 0 Å². The molecule has 0 aliphatic heterocycles. The second-order valence-corrected chi connectivity index (χ2v) is 9.15. The van der Waals surface area contributed by atoms with Crippen molar-refractivity contribution >= 4 is 29.3 Å². The van der Waals surface area contributed by atoms with Crippen LogP contribution >= 0.6 is 11.8 Å². The number of thioether (sulfide) groups is 1. The zero-order valence-electron chi connectivity index (χ0n) is 20.3. The van der Waals surface area contributed by atoms with Crippen LogP contribution in [0.2, 0.25) is 0 Å². The molecule has 4 aromatic rings. The lowest BCUT2D eigenvalue weighted by atomic mass is 10.1. The summed E-state index contributed by atoms with van der Waals surface area (Å²) in [5, 5.41) is 12.7. The molecule has 0 saturated heterocycles. The topological polar surface area (TPSA) is 88.9 Å². The Balaban J connectivity index is 1.58. The van der Waals surface area contributed by atoms with Crippen LogP contribution in [0.4, 0.5) is 32.0 Å². The Morgan fingerprint density at radius 3 is 2.23 bits per heavy atom. The molecule has 0 saturated carbocycles. The van der Waals surface area contributed by atoms with Gasteiger partial charge in [-0.2, -0.15) is 26.3 Å². The molecule has 0 spiro atoms. The number of nitrogens with zero attached hydrogens (tertiary/aromatic N) is 3. The number of hydrogen-bond acceptors (Lipinski definition) is 5. The summed E-state index contributed by atoms with van der Waals surface area (Å²) in [4.78, 5) is 25.0. The number of benzene rings is 3. The standard InChI is InChI=1S/C26H19F6N5O2S/c27-25(28,29)17-9-6-10-18(13-17)37-21(14-33-23(39)16-7-2-1-3-8-16)35-36-24(37)40-15-22(38)34-20-12-5-4-11-19(20)26(30,31)32/h1-13H,14-15H2,(H,33,39)(H,34,38). The molecule has 1 heterocycles. The first-order chi connectivity index (χ1) is 18.9. The van der Waals surface area contributed by atoms with Crippen molar-refractivity contribution in [3.8, 4) is 5.69 Å². The second kappa shape index (κ2) is 11.8. The van der Waals surface area contributed by atoms with Gasteiger partial charge in [0.15, 0.2) is 11.0 Å². The van der Waals surface area contributed by atoms with Gasteiger partial charge in [0.2, 0.25) is 5.91 Å². The minimum atomic E-state index is -4.69. The van der Waals surface area contributed by atoms with E-state index in [9.17, 15) is 35.9 Å². The molecule has 4 rings (SSSR count). The van der Waals surface area contributed by atoms with Gasteiger partial charge in [0.05, 0.1) is 34.8 Å². The molecule has 0 aliphatic rings. The summed E-state index contributed by atoms with van der Waals surface area (Å²) in [5.74, 6) is -1.64. The van der Waals surface area contributed by atoms with E-state index in [1.54, 1.807) is 30.3 Å². The van der Waals surface area contributed by atoms with E-state index in [1.165, 1.54) is 28.8 Å². The number of carbonyl (C=O) groups is 2. The van der Waals surface area contributed by atoms with Crippen molar-refractivity contribution in [2.24, 2.45) is 0 Å². The maximum Gasteiger partial charge on any atom is 0.418 e.